The molecule has 1 aromatic rings. The van der Waals surface area contributed by atoms with Gasteiger partial charge in [0.05, 0.1) is 7.11 Å². The van der Waals surface area contributed by atoms with Crippen LogP contribution in [0, 0.1) is 0 Å². The van der Waals surface area contributed by atoms with Gasteiger partial charge in [-0.25, -0.2) is 4.79 Å². The van der Waals surface area contributed by atoms with Gasteiger partial charge in [0.2, 0.25) is 0 Å². The smallest absolute Gasteiger partial charge is 0.328 e. The van der Waals surface area contributed by atoms with Crippen LogP contribution in [-0.2, 0) is 22.5 Å². The first-order valence-corrected chi connectivity index (χ1v) is 6.08. The van der Waals surface area contributed by atoms with E-state index in [4.69, 9.17) is 5.11 Å². The zero-order valence-corrected chi connectivity index (χ0v) is 10.8. The third-order valence-electron chi connectivity index (χ3n) is 2.72. The average molecular weight is 270 g/mol. The minimum absolute atomic E-state index is 0.149. The number of hydrogen-bond donors (Lipinski definition) is 2. The number of carbonyl (C=O) groups excluding carboxylic acids is 1. The summed E-state index contributed by atoms with van der Waals surface area (Å²) in [5.74, 6) is -0.283. The Hall–Kier alpha value is -1.89. The molecule has 0 saturated heterocycles. The molecule has 0 unspecified atom stereocenters. The van der Waals surface area contributed by atoms with Crippen LogP contribution in [-0.4, -0.2) is 34.3 Å². The van der Waals surface area contributed by atoms with Crippen LogP contribution in [0.3, 0.4) is 0 Å². The lowest BCUT2D eigenvalue weighted by Crippen LogP contribution is -2.32. The van der Waals surface area contributed by atoms with Gasteiger partial charge >= 0.3 is 11.7 Å². The maximum atomic E-state index is 11.5. The summed E-state index contributed by atoms with van der Waals surface area (Å²) in [7, 11) is 1.33. The summed E-state index contributed by atoms with van der Waals surface area (Å²) in [6.07, 6.45) is 3.19. The first-order valence-electron chi connectivity index (χ1n) is 6.08. The van der Waals surface area contributed by atoms with Crippen molar-refractivity contribution in [2.75, 3.05) is 13.7 Å². The lowest BCUT2D eigenvalue weighted by Gasteiger charge is -2.06. The number of ether oxygens (including phenoxy) is 1. The summed E-state index contributed by atoms with van der Waals surface area (Å²) >= 11 is 0. The van der Waals surface area contributed by atoms with Gasteiger partial charge < -0.3 is 14.4 Å². The van der Waals surface area contributed by atoms with E-state index in [-0.39, 0.29) is 19.0 Å². The molecule has 0 aliphatic heterocycles. The van der Waals surface area contributed by atoms with E-state index in [1.54, 1.807) is 0 Å². The Labute approximate surface area is 109 Å². The standard InChI is InChI=1S/C12H18N2O5/c1-19-10(16)4-2-3-6-14-8-9(5-7-15)11(17)13-12(14)18/h8,15H,2-7H2,1H3,(H,13,17,18). The quantitative estimate of drug-likeness (QED) is 0.509. The van der Waals surface area contributed by atoms with Gasteiger partial charge in [-0.05, 0) is 12.8 Å². The number of hydrogen-bond acceptors (Lipinski definition) is 5. The lowest BCUT2D eigenvalue weighted by molar-refractivity contribution is -0.140. The zero-order valence-electron chi connectivity index (χ0n) is 10.8. The molecule has 0 radical (unpaired) electrons. The Morgan fingerprint density at radius 3 is 2.79 bits per heavy atom. The highest BCUT2D eigenvalue weighted by atomic mass is 16.5. The molecule has 0 bridgehead atoms. The van der Waals surface area contributed by atoms with Gasteiger partial charge in [-0.1, -0.05) is 0 Å². The van der Waals surface area contributed by atoms with Gasteiger partial charge in [0, 0.05) is 37.8 Å². The maximum absolute atomic E-state index is 11.5. The van der Waals surface area contributed by atoms with E-state index in [1.807, 2.05) is 0 Å². The van der Waals surface area contributed by atoms with Crippen LogP contribution in [0.1, 0.15) is 24.8 Å². The normalized spacial score (nSPS) is 10.4. The molecule has 1 aromatic heterocycles. The van der Waals surface area contributed by atoms with Crippen molar-refractivity contribution in [3.63, 3.8) is 0 Å². The van der Waals surface area contributed by atoms with Crippen molar-refractivity contribution in [3.8, 4) is 0 Å². The summed E-state index contributed by atoms with van der Waals surface area (Å²) in [4.78, 5) is 36.0. The number of rotatable bonds is 7. The van der Waals surface area contributed by atoms with E-state index in [0.29, 0.717) is 31.4 Å². The molecule has 1 rings (SSSR count). The minimum atomic E-state index is -0.482. The number of aromatic amines is 1. The number of aromatic nitrogens is 2. The Kier molecular flexibility index (Phi) is 6.01. The van der Waals surface area contributed by atoms with Crippen LogP contribution in [0.25, 0.3) is 0 Å². The van der Waals surface area contributed by atoms with Crippen molar-refractivity contribution in [3.05, 3.63) is 32.6 Å². The minimum Gasteiger partial charge on any atom is -0.469 e. The molecule has 0 amide bonds. The summed E-state index contributed by atoms with van der Waals surface area (Å²) in [5.41, 5.74) is -0.579. The molecule has 0 spiro atoms. The molecule has 106 valence electrons. The molecule has 2 N–H and O–H groups in total. The van der Waals surface area contributed by atoms with Crippen LogP contribution in [0.15, 0.2) is 15.8 Å². The van der Waals surface area contributed by atoms with Gasteiger partial charge in [0.1, 0.15) is 0 Å². The van der Waals surface area contributed by atoms with E-state index >= 15 is 0 Å². The van der Waals surface area contributed by atoms with E-state index in [2.05, 4.69) is 9.72 Å². The molecular formula is C12H18N2O5. The summed E-state index contributed by atoms with van der Waals surface area (Å²) in [6.45, 7) is 0.259. The molecular weight excluding hydrogens is 252 g/mol. The average Bonchev–Trinajstić information content (AvgIpc) is 2.39. The second kappa shape index (κ2) is 7.52. The topological polar surface area (TPSA) is 101 Å². The summed E-state index contributed by atoms with van der Waals surface area (Å²) in [6, 6.07) is 0. The van der Waals surface area contributed by atoms with Crippen LogP contribution in [0.4, 0.5) is 0 Å². The van der Waals surface area contributed by atoms with Gasteiger partial charge in [0.25, 0.3) is 5.56 Å². The molecule has 0 aromatic carbocycles. The van der Waals surface area contributed by atoms with Gasteiger partial charge in [-0.3, -0.25) is 14.6 Å². The highest BCUT2D eigenvalue weighted by molar-refractivity contribution is 5.68. The number of aliphatic hydroxyl groups is 1. The maximum Gasteiger partial charge on any atom is 0.328 e. The number of unbranched alkanes of at least 4 members (excludes halogenated alkanes) is 1. The largest absolute Gasteiger partial charge is 0.469 e. The number of H-pyrrole nitrogens is 1. The number of esters is 1. The molecule has 0 saturated carbocycles. The first-order chi connectivity index (χ1) is 9.08. The number of nitrogens with zero attached hydrogens (tertiary/aromatic N) is 1. The molecule has 0 aliphatic carbocycles. The first kappa shape index (κ1) is 15.2. The monoisotopic (exact) mass is 270 g/mol. The van der Waals surface area contributed by atoms with Gasteiger partial charge in [0.15, 0.2) is 0 Å². The van der Waals surface area contributed by atoms with Crippen molar-refractivity contribution in [2.45, 2.75) is 32.2 Å². The number of aryl methyl sites for hydroxylation is 1. The van der Waals surface area contributed by atoms with Crippen LogP contribution in [0.2, 0.25) is 0 Å². The van der Waals surface area contributed by atoms with Crippen molar-refractivity contribution in [2.24, 2.45) is 0 Å². The van der Waals surface area contributed by atoms with E-state index < -0.39 is 11.2 Å². The predicted octanol–water partition coefficient (Wildman–Crippen LogP) is -0.585. The second-order valence-electron chi connectivity index (χ2n) is 4.11. The SMILES string of the molecule is COC(=O)CCCCn1cc(CCO)c(=O)[nH]c1=O. The van der Waals surface area contributed by atoms with E-state index in [9.17, 15) is 14.4 Å². The number of nitrogens with one attached hydrogen (secondary N) is 1. The third kappa shape index (κ3) is 4.70. The van der Waals surface area contributed by atoms with Crippen molar-refractivity contribution < 1.29 is 14.6 Å². The Balaban J connectivity index is 2.63. The third-order valence-corrected chi connectivity index (χ3v) is 2.72. The second-order valence-corrected chi connectivity index (χ2v) is 4.11. The molecule has 0 atom stereocenters. The summed E-state index contributed by atoms with van der Waals surface area (Å²) in [5, 5.41) is 8.82. The van der Waals surface area contributed by atoms with Gasteiger partial charge in [-0.15, -0.1) is 0 Å². The number of aliphatic hydroxyl groups excluding tert-OH is 1. The van der Waals surface area contributed by atoms with Gasteiger partial charge in [-0.2, -0.15) is 0 Å². The van der Waals surface area contributed by atoms with E-state index in [1.165, 1.54) is 17.9 Å². The molecule has 19 heavy (non-hydrogen) atoms. The van der Waals surface area contributed by atoms with E-state index in [0.717, 1.165) is 0 Å². The fraction of sp³-hybridized carbons (Fsp3) is 0.583. The predicted molar refractivity (Wildman–Crippen MR) is 68.0 cm³/mol. The van der Waals surface area contributed by atoms with Crippen LogP contribution >= 0.6 is 0 Å². The van der Waals surface area contributed by atoms with Crippen LogP contribution < -0.4 is 11.2 Å². The molecule has 1 heterocycles. The molecule has 0 fully saturated rings. The van der Waals surface area contributed by atoms with Crippen molar-refractivity contribution in [1.29, 1.82) is 0 Å². The zero-order chi connectivity index (χ0) is 14.3. The Morgan fingerprint density at radius 1 is 1.42 bits per heavy atom. The number of carbonyl (C=O) groups is 1. The highest BCUT2D eigenvalue weighted by Crippen LogP contribution is 1.99. The van der Waals surface area contributed by atoms with Crippen molar-refractivity contribution in [1.82, 2.24) is 9.55 Å². The molecule has 0 aliphatic rings. The van der Waals surface area contributed by atoms with Crippen LogP contribution in [0.5, 0.6) is 0 Å². The fourth-order valence-electron chi connectivity index (χ4n) is 1.67. The Bertz CT molecular complexity index is 532. The van der Waals surface area contributed by atoms with Crippen molar-refractivity contribution >= 4 is 5.97 Å². The molecule has 7 nitrogen and oxygen atoms in total. The Morgan fingerprint density at radius 2 is 2.16 bits per heavy atom. The lowest BCUT2D eigenvalue weighted by atomic mass is 10.2. The summed E-state index contributed by atoms with van der Waals surface area (Å²) < 4.78 is 5.89. The molecule has 7 heteroatoms. The highest BCUT2D eigenvalue weighted by Gasteiger charge is 2.05. The number of methoxy groups -OCH3 is 1. The fourth-order valence-corrected chi connectivity index (χ4v) is 1.67.